The third kappa shape index (κ3) is 2.75. The molecule has 20 heavy (non-hydrogen) atoms. The first-order valence-corrected chi connectivity index (χ1v) is 7.44. The number of halogens is 1. The predicted octanol–water partition coefficient (Wildman–Crippen LogP) is 4.55. The Balaban J connectivity index is 1.90. The van der Waals surface area contributed by atoms with E-state index in [0.29, 0.717) is 10.0 Å². The van der Waals surface area contributed by atoms with Gasteiger partial charge in [0, 0.05) is 16.0 Å². The number of rotatable bonds is 3. The van der Waals surface area contributed by atoms with Crippen molar-refractivity contribution in [2.45, 2.75) is 6.10 Å². The van der Waals surface area contributed by atoms with Gasteiger partial charge in [-0.1, -0.05) is 54.1 Å². The van der Waals surface area contributed by atoms with Crippen molar-refractivity contribution in [3.8, 4) is 11.3 Å². The minimum Gasteiger partial charge on any atom is -0.381 e. The fourth-order valence-electron chi connectivity index (χ4n) is 1.97. The Morgan fingerprint density at radius 1 is 1.05 bits per heavy atom. The largest absolute Gasteiger partial charge is 0.381 e. The minimum absolute atomic E-state index is 0.612. The SMILES string of the molecule is OC(c1cccc(Cl)c1)c1nc(-c2ccccc2)cs1. The summed E-state index contributed by atoms with van der Waals surface area (Å²) in [7, 11) is 0. The second-order valence-electron chi connectivity index (χ2n) is 4.39. The molecule has 0 radical (unpaired) electrons. The summed E-state index contributed by atoms with van der Waals surface area (Å²) in [6.45, 7) is 0. The molecular formula is C16H12ClNOS. The van der Waals surface area contributed by atoms with Crippen LogP contribution in [0, 0.1) is 0 Å². The number of hydrogen-bond acceptors (Lipinski definition) is 3. The van der Waals surface area contributed by atoms with Crippen LogP contribution in [-0.4, -0.2) is 10.1 Å². The van der Waals surface area contributed by atoms with Gasteiger partial charge in [0.25, 0.3) is 0 Å². The molecule has 0 aliphatic carbocycles. The molecule has 1 N–H and O–H groups in total. The molecule has 0 saturated carbocycles. The molecule has 0 saturated heterocycles. The van der Waals surface area contributed by atoms with E-state index >= 15 is 0 Å². The standard InChI is InChI=1S/C16H12ClNOS/c17-13-8-4-7-12(9-13)15(19)16-18-14(10-20-16)11-5-2-1-3-6-11/h1-10,15,19H. The maximum absolute atomic E-state index is 10.4. The molecule has 3 aromatic rings. The summed E-state index contributed by atoms with van der Waals surface area (Å²) < 4.78 is 0. The van der Waals surface area contributed by atoms with Crippen LogP contribution in [0.25, 0.3) is 11.3 Å². The van der Waals surface area contributed by atoms with Crippen molar-refractivity contribution in [3.05, 3.63) is 75.6 Å². The van der Waals surface area contributed by atoms with E-state index in [2.05, 4.69) is 4.98 Å². The first-order chi connectivity index (χ1) is 9.74. The second kappa shape index (κ2) is 5.75. The van der Waals surface area contributed by atoms with Crippen LogP contribution < -0.4 is 0 Å². The fourth-order valence-corrected chi connectivity index (χ4v) is 3.01. The number of aromatic nitrogens is 1. The van der Waals surface area contributed by atoms with Gasteiger partial charge in [-0.25, -0.2) is 4.98 Å². The average Bonchev–Trinajstić information content (AvgIpc) is 2.97. The topological polar surface area (TPSA) is 33.1 Å². The lowest BCUT2D eigenvalue weighted by Crippen LogP contribution is -1.98. The van der Waals surface area contributed by atoms with E-state index in [0.717, 1.165) is 16.8 Å². The lowest BCUT2D eigenvalue weighted by atomic mass is 10.1. The van der Waals surface area contributed by atoms with Crippen molar-refractivity contribution in [2.75, 3.05) is 0 Å². The highest BCUT2D eigenvalue weighted by Crippen LogP contribution is 2.29. The molecule has 100 valence electrons. The zero-order valence-electron chi connectivity index (χ0n) is 10.5. The van der Waals surface area contributed by atoms with Crippen LogP contribution in [0.1, 0.15) is 16.7 Å². The number of benzene rings is 2. The van der Waals surface area contributed by atoms with Gasteiger partial charge >= 0.3 is 0 Å². The van der Waals surface area contributed by atoms with Gasteiger partial charge in [0.05, 0.1) is 5.69 Å². The summed E-state index contributed by atoms with van der Waals surface area (Å²) in [4.78, 5) is 4.51. The molecule has 0 aliphatic rings. The van der Waals surface area contributed by atoms with Crippen LogP contribution >= 0.6 is 22.9 Å². The van der Waals surface area contributed by atoms with Crippen molar-refractivity contribution in [1.82, 2.24) is 4.98 Å². The van der Waals surface area contributed by atoms with E-state index in [1.54, 1.807) is 12.1 Å². The van der Waals surface area contributed by atoms with Gasteiger partial charge < -0.3 is 5.11 Å². The minimum atomic E-state index is -0.740. The van der Waals surface area contributed by atoms with Gasteiger partial charge in [-0.05, 0) is 17.7 Å². The van der Waals surface area contributed by atoms with Crippen LogP contribution in [0.15, 0.2) is 60.0 Å². The molecule has 4 heteroatoms. The van der Waals surface area contributed by atoms with Gasteiger partial charge in [0.2, 0.25) is 0 Å². The molecule has 1 atom stereocenters. The zero-order chi connectivity index (χ0) is 13.9. The summed E-state index contributed by atoms with van der Waals surface area (Å²) in [5, 5.41) is 13.6. The smallest absolute Gasteiger partial charge is 0.131 e. The highest BCUT2D eigenvalue weighted by atomic mass is 35.5. The Morgan fingerprint density at radius 3 is 2.60 bits per heavy atom. The maximum atomic E-state index is 10.4. The Morgan fingerprint density at radius 2 is 1.85 bits per heavy atom. The Hall–Kier alpha value is -1.68. The summed E-state index contributed by atoms with van der Waals surface area (Å²) >= 11 is 7.40. The summed E-state index contributed by atoms with van der Waals surface area (Å²) in [5.41, 5.74) is 2.69. The molecule has 2 aromatic carbocycles. The van der Waals surface area contributed by atoms with Crippen molar-refractivity contribution in [1.29, 1.82) is 0 Å². The molecule has 0 fully saturated rings. The van der Waals surface area contributed by atoms with Crippen molar-refractivity contribution in [2.24, 2.45) is 0 Å². The van der Waals surface area contributed by atoms with Crippen LogP contribution in [0.5, 0.6) is 0 Å². The molecule has 3 rings (SSSR count). The highest BCUT2D eigenvalue weighted by Gasteiger charge is 2.15. The summed E-state index contributed by atoms with van der Waals surface area (Å²) in [5.74, 6) is 0. The quantitative estimate of drug-likeness (QED) is 0.770. The second-order valence-corrected chi connectivity index (χ2v) is 5.72. The van der Waals surface area contributed by atoms with Gasteiger partial charge in [-0.15, -0.1) is 11.3 Å². The number of hydrogen-bond donors (Lipinski definition) is 1. The molecule has 0 amide bonds. The first-order valence-electron chi connectivity index (χ1n) is 6.18. The normalized spacial score (nSPS) is 12.3. The van der Waals surface area contributed by atoms with E-state index in [9.17, 15) is 5.11 Å². The van der Waals surface area contributed by atoms with Crippen molar-refractivity contribution >= 4 is 22.9 Å². The highest BCUT2D eigenvalue weighted by molar-refractivity contribution is 7.10. The van der Waals surface area contributed by atoms with E-state index < -0.39 is 6.10 Å². The number of thiazole rings is 1. The van der Waals surface area contributed by atoms with Crippen LogP contribution in [0.3, 0.4) is 0 Å². The molecule has 0 spiro atoms. The van der Waals surface area contributed by atoms with Crippen molar-refractivity contribution in [3.63, 3.8) is 0 Å². The number of nitrogens with zero attached hydrogens (tertiary/aromatic N) is 1. The third-order valence-electron chi connectivity index (χ3n) is 2.99. The molecule has 0 aliphatic heterocycles. The monoisotopic (exact) mass is 301 g/mol. The Kier molecular flexibility index (Phi) is 3.83. The number of aliphatic hydroxyl groups excluding tert-OH is 1. The van der Waals surface area contributed by atoms with E-state index in [1.165, 1.54) is 11.3 Å². The molecule has 1 unspecified atom stereocenters. The lowest BCUT2D eigenvalue weighted by Gasteiger charge is -2.07. The molecule has 0 bridgehead atoms. The van der Waals surface area contributed by atoms with Crippen LogP contribution in [-0.2, 0) is 0 Å². The van der Waals surface area contributed by atoms with Gasteiger partial charge in [0.15, 0.2) is 0 Å². The lowest BCUT2D eigenvalue weighted by molar-refractivity contribution is 0.220. The average molecular weight is 302 g/mol. The fraction of sp³-hybridized carbons (Fsp3) is 0.0625. The molecule has 1 heterocycles. The summed E-state index contributed by atoms with van der Waals surface area (Å²) in [6.07, 6.45) is -0.740. The third-order valence-corrected chi connectivity index (χ3v) is 4.12. The predicted molar refractivity (Wildman–Crippen MR) is 83.1 cm³/mol. The van der Waals surface area contributed by atoms with Crippen molar-refractivity contribution < 1.29 is 5.11 Å². The van der Waals surface area contributed by atoms with E-state index in [1.807, 2.05) is 47.8 Å². The Labute approximate surface area is 126 Å². The molecular weight excluding hydrogens is 290 g/mol. The Bertz CT molecular complexity index is 711. The van der Waals surface area contributed by atoms with E-state index in [-0.39, 0.29) is 0 Å². The molecule has 1 aromatic heterocycles. The molecule has 2 nitrogen and oxygen atoms in total. The zero-order valence-corrected chi connectivity index (χ0v) is 12.1. The van der Waals surface area contributed by atoms with Gasteiger partial charge in [-0.3, -0.25) is 0 Å². The first kappa shape index (κ1) is 13.3. The van der Waals surface area contributed by atoms with Gasteiger partial charge in [0.1, 0.15) is 11.1 Å². The maximum Gasteiger partial charge on any atom is 0.131 e. The van der Waals surface area contributed by atoms with Gasteiger partial charge in [-0.2, -0.15) is 0 Å². The van der Waals surface area contributed by atoms with E-state index in [4.69, 9.17) is 11.6 Å². The number of aliphatic hydroxyl groups is 1. The van der Waals surface area contributed by atoms with Crippen LogP contribution in [0.4, 0.5) is 0 Å². The summed E-state index contributed by atoms with van der Waals surface area (Å²) in [6, 6.07) is 17.1. The van der Waals surface area contributed by atoms with Crippen LogP contribution in [0.2, 0.25) is 5.02 Å².